The van der Waals surface area contributed by atoms with Crippen LogP contribution in [-0.4, -0.2) is 17.1 Å². The molecule has 0 spiro atoms. The number of amides is 2. The maximum atomic E-state index is 13.2. The number of halogens is 2. The number of carbonyl (C=O) groups is 2. The summed E-state index contributed by atoms with van der Waals surface area (Å²) in [5.74, 6) is -1.90. The molecule has 0 aromatic heterocycles. The molecule has 0 aliphatic carbocycles. The molecule has 7 heteroatoms. The standard InChI is InChI=1S/C14H10BrFN2O3/c15-10-3-1-2-4-11(10)17-14(21)18-12-7-8(16)5-6-9(12)13(19)20/h1-7H,(H,19,20)(H2,17,18,21). The van der Waals surface area contributed by atoms with Gasteiger partial charge in [-0.1, -0.05) is 12.1 Å². The molecule has 108 valence electrons. The number of hydrogen-bond donors (Lipinski definition) is 3. The van der Waals surface area contributed by atoms with Crippen LogP contribution in [0.15, 0.2) is 46.9 Å². The predicted molar refractivity (Wildman–Crippen MR) is 80.1 cm³/mol. The fraction of sp³-hybridized carbons (Fsp3) is 0. The first-order valence-electron chi connectivity index (χ1n) is 5.83. The van der Waals surface area contributed by atoms with Gasteiger partial charge in [0.2, 0.25) is 0 Å². The van der Waals surface area contributed by atoms with Gasteiger partial charge in [-0.15, -0.1) is 0 Å². The summed E-state index contributed by atoms with van der Waals surface area (Å²) in [6, 6.07) is 9.28. The number of para-hydroxylation sites is 1. The molecular weight excluding hydrogens is 343 g/mol. The Morgan fingerprint density at radius 2 is 1.71 bits per heavy atom. The van der Waals surface area contributed by atoms with Crippen LogP contribution >= 0.6 is 15.9 Å². The molecule has 0 heterocycles. The van der Waals surface area contributed by atoms with Crippen molar-refractivity contribution in [1.29, 1.82) is 0 Å². The van der Waals surface area contributed by atoms with Crippen LogP contribution in [0.4, 0.5) is 20.6 Å². The Morgan fingerprint density at radius 1 is 1.05 bits per heavy atom. The number of aromatic carboxylic acids is 1. The molecule has 0 atom stereocenters. The summed E-state index contributed by atoms with van der Waals surface area (Å²) in [5.41, 5.74) is 0.189. The topological polar surface area (TPSA) is 78.4 Å². The van der Waals surface area contributed by atoms with Crippen molar-refractivity contribution in [2.45, 2.75) is 0 Å². The van der Waals surface area contributed by atoms with Gasteiger partial charge < -0.3 is 15.7 Å². The first-order chi connectivity index (χ1) is 9.97. The molecule has 5 nitrogen and oxygen atoms in total. The van der Waals surface area contributed by atoms with Crippen LogP contribution < -0.4 is 10.6 Å². The highest BCUT2D eigenvalue weighted by atomic mass is 79.9. The van der Waals surface area contributed by atoms with E-state index in [0.29, 0.717) is 10.2 Å². The van der Waals surface area contributed by atoms with Crippen LogP contribution in [0.25, 0.3) is 0 Å². The fourth-order valence-electron chi connectivity index (χ4n) is 1.64. The molecule has 0 saturated heterocycles. The highest BCUT2D eigenvalue weighted by Gasteiger charge is 2.14. The van der Waals surface area contributed by atoms with E-state index in [4.69, 9.17) is 5.11 Å². The number of hydrogen-bond acceptors (Lipinski definition) is 2. The van der Waals surface area contributed by atoms with E-state index >= 15 is 0 Å². The lowest BCUT2D eigenvalue weighted by Crippen LogP contribution is -2.21. The van der Waals surface area contributed by atoms with Gasteiger partial charge in [0.05, 0.1) is 16.9 Å². The molecule has 2 aromatic carbocycles. The number of carboxylic acids is 1. The number of rotatable bonds is 3. The molecule has 2 aromatic rings. The minimum absolute atomic E-state index is 0.118. The fourth-order valence-corrected chi connectivity index (χ4v) is 2.03. The monoisotopic (exact) mass is 352 g/mol. The Balaban J connectivity index is 2.18. The summed E-state index contributed by atoms with van der Waals surface area (Å²) in [5, 5.41) is 13.9. The van der Waals surface area contributed by atoms with Gasteiger partial charge in [-0.05, 0) is 46.3 Å². The predicted octanol–water partition coefficient (Wildman–Crippen LogP) is 3.93. The Morgan fingerprint density at radius 3 is 2.38 bits per heavy atom. The van der Waals surface area contributed by atoms with Crippen molar-refractivity contribution in [3.8, 4) is 0 Å². The van der Waals surface area contributed by atoms with Crippen molar-refractivity contribution in [1.82, 2.24) is 0 Å². The van der Waals surface area contributed by atoms with Crippen molar-refractivity contribution in [2.75, 3.05) is 10.6 Å². The highest BCUT2D eigenvalue weighted by Crippen LogP contribution is 2.22. The second-order valence-electron chi connectivity index (χ2n) is 4.05. The molecule has 0 unspecified atom stereocenters. The van der Waals surface area contributed by atoms with Crippen LogP contribution in [0.5, 0.6) is 0 Å². The smallest absolute Gasteiger partial charge is 0.337 e. The van der Waals surface area contributed by atoms with E-state index in [2.05, 4.69) is 26.6 Å². The number of anilines is 2. The zero-order valence-corrected chi connectivity index (χ0v) is 12.1. The third-order valence-corrected chi connectivity index (χ3v) is 3.27. The van der Waals surface area contributed by atoms with E-state index in [1.54, 1.807) is 24.3 Å². The molecule has 2 amide bonds. The van der Waals surface area contributed by atoms with Crippen LogP contribution in [0.1, 0.15) is 10.4 Å². The van der Waals surface area contributed by atoms with Gasteiger partial charge in [-0.25, -0.2) is 14.0 Å². The molecule has 0 bridgehead atoms. The van der Waals surface area contributed by atoms with Gasteiger partial charge in [0.1, 0.15) is 5.82 Å². The summed E-state index contributed by atoms with van der Waals surface area (Å²) >= 11 is 3.26. The van der Waals surface area contributed by atoms with Gasteiger partial charge in [0.25, 0.3) is 0 Å². The first kappa shape index (κ1) is 15.0. The normalized spacial score (nSPS) is 10.0. The van der Waals surface area contributed by atoms with Crippen molar-refractivity contribution >= 4 is 39.3 Å². The average Bonchev–Trinajstić information content (AvgIpc) is 2.41. The van der Waals surface area contributed by atoms with Crippen molar-refractivity contribution in [3.63, 3.8) is 0 Å². The van der Waals surface area contributed by atoms with Crippen molar-refractivity contribution < 1.29 is 19.1 Å². The zero-order valence-electron chi connectivity index (χ0n) is 10.6. The molecular formula is C14H10BrFN2O3. The van der Waals surface area contributed by atoms with Crippen LogP contribution in [0, 0.1) is 5.82 Å². The van der Waals surface area contributed by atoms with E-state index in [-0.39, 0.29) is 11.3 Å². The van der Waals surface area contributed by atoms with E-state index in [0.717, 1.165) is 18.2 Å². The first-order valence-corrected chi connectivity index (χ1v) is 6.62. The average molecular weight is 353 g/mol. The van der Waals surface area contributed by atoms with Gasteiger partial charge in [0, 0.05) is 4.47 Å². The third kappa shape index (κ3) is 3.79. The number of urea groups is 1. The zero-order chi connectivity index (χ0) is 15.4. The maximum absolute atomic E-state index is 13.2. The second-order valence-corrected chi connectivity index (χ2v) is 4.91. The Kier molecular flexibility index (Phi) is 4.54. The van der Waals surface area contributed by atoms with Gasteiger partial charge >= 0.3 is 12.0 Å². The highest BCUT2D eigenvalue weighted by molar-refractivity contribution is 9.10. The molecule has 0 fully saturated rings. The van der Waals surface area contributed by atoms with Crippen molar-refractivity contribution in [3.05, 3.63) is 58.3 Å². The number of nitrogens with one attached hydrogen (secondary N) is 2. The SMILES string of the molecule is O=C(Nc1ccccc1Br)Nc1cc(F)ccc1C(=O)O. The van der Waals surface area contributed by atoms with Crippen molar-refractivity contribution in [2.24, 2.45) is 0 Å². The van der Waals surface area contributed by atoms with E-state index in [1.807, 2.05) is 0 Å². The molecule has 2 rings (SSSR count). The lowest BCUT2D eigenvalue weighted by atomic mass is 10.2. The molecule has 0 saturated carbocycles. The number of carbonyl (C=O) groups excluding carboxylic acids is 1. The minimum atomic E-state index is -1.26. The molecule has 3 N–H and O–H groups in total. The maximum Gasteiger partial charge on any atom is 0.337 e. The van der Waals surface area contributed by atoms with E-state index < -0.39 is 17.8 Å². The van der Waals surface area contributed by atoms with Gasteiger partial charge in [-0.3, -0.25) is 0 Å². The van der Waals surface area contributed by atoms with Crippen LogP contribution in [0.2, 0.25) is 0 Å². The Labute approximate surface area is 127 Å². The Hall–Kier alpha value is -2.41. The van der Waals surface area contributed by atoms with Gasteiger partial charge in [-0.2, -0.15) is 0 Å². The summed E-state index contributed by atoms with van der Waals surface area (Å²) in [6.07, 6.45) is 0. The summed E-state index contributed by atoms with van der Waals surface area (Å²) in [4.78, 5) is 22.9. The third-order valence-electron chi connectivity index (χ3n) is 2.58. The molecule has 0 aliphatic heterocycles. The summed E-state index contributed by atoms with van der Waals surface area (Å²) < 4.78 is 13.8. The molecule has 0 radical (unpaired) electrons. The largest absolute Gasteiger partial charge is 0.478 e. The lowest BCUT2D eigenvalue weighted by molar-refractivity contribution is 0.0698. The van der Waals surface area contributed by atoms with Crippen LogP contribution in [-0.2, 0) is 0 Å². The summed E-state index contributed by atoms with van der Waals surface area (Å²) in [6.45, 7) is 0. The molecule has 21 heavy (non-hydrogen) atoms. The van der Waals surface area contributed by atoms with E-state index in [9.17, 15) is 14.0 Å². The lowest BCUT2D eigenvalue weighted by Gasteiger charge is -2.11. The van der Waals surface area contributed by atoms with Gasteiger partial charge in [0.15, 0.2) is 0 Å². The minimum Gasteiger partial charge on any atom is -0.478 e. The number of benzene rings is 2. The summed E-state index contributed by atoms with van der Waals surface area (Å²) in [7, 11) is 0. The van der Waals surface area contributed by atoms with Crippen LogP contribution in [0.3, 0.4) is 0 Å². The number of carboxylic acid groups (broad SMARTS) is 1. The van der Waals surface area contributed by atoms with E-state index in [1.165, 1.54) is 0 Å². The second kappa shape index (κ2) is 6.36. The quantitative estimate of drug-likeness (QED) is 0.782. The Bertz CT molecular complexity index is 706. The molecule has 0 aliphatic rings.